The van der Waals surface area contributed by atoms with Gasteiger partial charge in [-0.1, -0.05) is 13.5 Å². The first kappa shape index (κ1) is 10.2. The van der Waals surface area contributed by atoms with Crippen LogP contribution in [0.2, 0.25) is 0 Å². The lowest BCUT2D eigenvalue weighted by Gasteiger charge is -2.21. The van der Waals surface area contributed by atoms with Gasteiger partial charge in [-0.3, -0.25) is 4.90 Å². The summed E-state index contributed by atoms with van der Waals surface area (Å²) in [6, 6.07) is 4.21. The van der Waals surface area contributed by atoms with Gasteiger partial charge in [0, 0.05) is 16.8 Å². The molecule has 0 aliphatic carbocycles. The van der Waals surface area contributed by atoms with Crippen molar-refractivity contribution in [1.82, 2.24) is 0 Å². The zero-order valence-electron chi connectivity index (χ0n) is 9.03. The molecule has 0 radical (unpaired) electrons. The first-order valence-electron chi connectivity index (χ1n) is 5.01. The second kappa shape index (κ2) is 4.03. The number of allylic oxidation sites excluding steroid dienone is 1. The van der Waals surface area contributed by atoms with Crippen LogP contribution in [0.3, 0.4) is 0 Å². The van der Waals surface area contributed by atoms with Gasteiger partial charge in [0.05, 0.1) is 0 Å². The number of aryl methyl sites for hydroxylation is 1. The summed E-state index contributed by atoms with van der Waals surface area (Å²) in [7, 11) is 0. The molecule has 0 aromatic carbocycles. The van der Waals surface area contributed by atoms with Gasteiger partial charge in [-0.25, -0.2) is 4.99 Å². The van der Waals surface area contributed by atoms with Gasteiger partial charge in [-0.15, -0.1) is 11.3 Å². The van der Waals surface area contributed by atoms with E-state index in [-0.39, 0.29) is 0 Å². The smallest absolute Gasteiger partial charge is 0.130 e. The minimum atomic E-state index is 0.802. The maximum absolute atomic E-state index is 4.44. The van der Waals surface area contributed by atoms with Crippen molar-refractivity contribution in [3.63, 3.8) is 0 Å². The molecule has 0 fully saturated rings. The third-order valence-electron chi connectivity index (χ3n) is 2.29. The fraction of sp³-hybridized carbons (Fsp3) is 0.250. The number of anilines is 1. The van der Waals surface area contributed by atoms with E-state index in [4.69, 9.17) is 0 Å². The topological polar surface area (TPSA) is 15.6 Å². The van der Waals surface area contributed by atoms with E-state index in [2.05, 4.69) is 37.6 Å². The molecule has 1 aliphatic heterocycles. The standard InChI is InChI=1S/C12H14N2S/c1-4-11-7-8-14(10(3)13-11)12-6-5-9(2)15-12/h5-8H,3-4H2,1-2H3. The molecule has 0 saturated heterocycles. The molecule has 0 amide bonds. The molecule has 0 bridgehead atoms. The number of thiophene rings is 1. The summed E-state index contributed by atoms with van der Waals surface area (Å²) >= 11 is 1.75. The molecule has 1 aliphatic rings. The van der Waals surface area contributed by atoms with Crippen molar-refractivity contribution in [2.75, 3.05) is 4.90 Å². The lowest BCUT2D eigenvalue weighted by Crippen LogP contribution is -2.17. The molecule has 3 heteroatoms. The van der Waals surface area contributed by atoms with Crippen LogP contribution in [0.4, 0.5) is 5.00 Å². The molecule has 1 aromatic rings. The van der Waals surface area contributed by atoms with Crippen LogP contribution in [0.1, 0.15) is 18.2 Å². The van der Waals surface area contributed by atoms with E-state index in [1.54, 1.807) is 11.3 Å². The summed E-state index contributed by atoms with van der Waals surface area (Å²) in [6.07, 6.45) is 5.04. The Morgan fingerprint density at radius 2 is 2.27 bits per heavy atom. The second-order valence-corrected chi connectivity index (χ2v) is 4.71. The number of nitrogens with zero attached hydrogens (tertiary/aromatic N) is 2. The predicted molar refractivity (Wildman–Crippen MR) is 67.5 cm³/mol. The summed E-state index contributed by atoms with van der Waals surface area (Å²) in [6.45, 7) is 8.17. The Morgan fingerprint density at radius 3 is 2.80 bits per heavy atom. The maximum Gasteiger partial charge on any atom is 0.130 e. The van der Waals surface area contributed by atoms with Gasteiger partial charge < -0.3 is 0 Å². The third kappa shape index (κ3) is 2.02. The van der Waals surface area contributed by atoms with Crippen molar-refractivity contribution in [1.29, 1.82) is 0 Å². The van der Waals surface area contributed by atoms with Crippen molar-refractivity contribution in [2.45, 2.75) is 20.3 Å². The normalized spacial score (nSPS) is 15.7. The lowest BCUT2D eigenvalue weighted by atomic mass is 10.2. The fourth-order valence-corrected chi connectivity index (χ4v) is 2.32. The Labute approximate surface area is 94.3 Å². The van der Waals surface area contributed by atoms with Crippen LogP contribution in [0, 0.1) is 6.92 Å². The van der Waals surface area contributed by atoms with Gasteiger partial charge in [0.1, 0.15) is 10.8 Å². The molecule has 15 heavy (non-hydrogen) atoms. The maximum atomic E-state index is 4.44. The monoisotopic (exact) mass is 218 g/mol. The molecule has 0 N–H and O–H groups in total. The van der Waals surface area contributed by atoms with Crippen LogP contribution in [0.15, 0.2) is 41.8 Å². The van der Waals surface area contributed by atoms with Crippen molar-refractivity contribution in [3.8, 4) is 0 Å². The van der Waals surface area contributed by atoms with Gasteiger partial charge >= 0.3 is 0 Å². The quantitative estimate of drug-likeness (QED) is 0.738. The first-order valence-corrected chi connectivity index (χ1v) is 5.82. The molecule has 0 spiro atoms. The largest absolute Gasteiger partial charge is 0.293 e. The second-order valence-electron chi connectivity index (χ2n) is 3.44. The van der Waals surface area contributed by atoms with E-state index in [9.17, 15) is 0 Å². The molecule has 2 heterocycles. The molecule has 0 saturated carbocycles. The van der Waals surface area contributed by atoms with E-state index in [1.165, 1.54) is 9.88 Å². The summed E-state index contributed by atoms with van der Waals surface area (Å²) in [5.74, 6) is 0.802. The highest BCUT2D eigenvalue weighted by atomic mass is 32.1. The van der Waals surface area contributed by atoms with E-state index in [1.807, 2.05) is 17.2 Å². The molecule has 1 aromatic heterocycles. The first-order chi connectivity index (χ1) is 7.20. The molecular formula is C12H14N2S. The third-order valence-corrected chi connectivity index (χ3v) is 3.29. The zero-order chi connectivity index (χ0) is 10.8. The molecule has 78 valence electrons. The van der Waals surface area contributed by atoms with Gasteiger partial charge in [-0.2, -0.15) is 0 Å². The Kier molecular flexibility index (Phi) is 2.73. The van der Waals surface area contributed by atoms with Crippen LogP contribution >= 0.6 is 11.3 Å². The highest BCUT2D eigenvalue weighted by molar-refractivity contribution is 7.16. The van der Waals surface area contributed by atoms with Gasteiger partial charge in [0.15, 0.2) is 0 Å². The average Bonchev–Trinajstić information content (AvgIpc) is 2.64. The average molecular weight is 218 g/mol. The highest BCUT2D eigenvalue weighted by Gasteiger charge is 2.12. The SMILES string of the molecule is C=C1N=C(CC)C=CN1c1ccc(C)s1. The Balaban J connectivity index is 2.25. The summed E-state index contributed by atoms with van der Waals surface area (Å²) in [4.78, 5) is 7.76. The van der Waals surface area contributed by atoms with Crippen LogP contribution in [-0.2, 0) is 0 Å². The van der Waals surface area contributed by atoms with Crippen molar-refractivity contribution >= 4 is 22.0 Å². The van der Waals surface area contributed by atoms with Crippen LogP contribution < -0.4 is 4.90 Å². The molecular weight excluding hydrogens is 204 g/mol. The lowest BCUT2D eigenvalue weighted by molar-refractivity contribution is 1.10. The van der Waals surface area contributed by atoms with Crippen LogP contribution in [0.25, 0.3) is 0 Å². The molecule has 2 rings (SSSR count). The predicted octanol–water partition coefficient (Wildman–Crippen LogP) is 3.71. The molecule has 0 atom stereocenters. The molecule has 0 unspecified atom stereocenters. The van der Waals surface area contributed by atoms with Gasteiger partial charge in [-0.05, 0) is 31.6 Å². The fourth-order valence-electron chi connectivity index (χ4n) is 1.45. The highest BCUT2D eigenvalue weighted by Crippen LogP contribution is 2.29. The number of aliphatic imine (C=N–C) groups is 1. The minimum Gasteiger partial charge on any atom is -0.293 e. The van der Waals surface area contributed by atoms with E-state index >= 15 is 0 Å². The minimum absolute atomic E-state index is 0.802. The summed E-state index contributed by atoms with van der Waals surface area (Å²) in [5, 5.41) is 1.17. The van der Waals surface area contributed by atoms with E-state index in [0.29, 0.717) is 0 Å². The van der Waals surface area contributed by atoms with E-state index < -0.39 is 0 Å². The Morgan fingerprint density at radius 1 is 1.47 bits per heavy atom. The number of hydrogen-bond acceptors (Lipinski definition) is 3. The van der Waals surface area contributed by atoms with Crippen molar-refractivity contribution in [3.05, 3.63) is 41.7 Å². The number of rotatable bonds is 2. The Bertz CT molecular complexity index is 440. The van der Waals surface area contributed by atoms with Crippen molar-refractivity contribution in [2.24, 2.45) is 4.99 Å². The van der Waals surface area contributed by atoms with Gasteiger partial charge in [0.2, 0.25) is 0 Å². The van der Waals surface area contributed by atoms with Crippen LogP contribution in [0.5, 0.6) is 0 Å². The number of hydrogen-bond donors (Lipinski definition) is 0. The van der Waals surface area contributed by atoms with E-state index in [0.717, 1.165) is 18.0 Å². The van der Waals surface area contributed by atoms with Crippen LogP contribution in [-0.4, -0.2) is 5.71 Å². The summed E-state index contributed by atoms with van der Waals surface area (Å²) in [5.41, 5.74) is 1.09. The van der Waals surface area contributed by atoms with Gasteiger partial charge in [0.25, 0.3) is 0 Å². The van der Waals surface area contributed by atoms with Crippen molar-refractivity contribution < 1.29 is 0 Å². The Hall–Kier alpha value is -1.35. The zero-order valence-corrected chi connectivity index (χ0v) is 9.84. The summed E-state index contributed by atoms with van der Waals surface area (Å²) < 4.78 is 0. The molecule has 2 nitrogen and oxygen atoms in total.